The molecule has 88 valence electrons. The molecule has 0 atom stereocenters. The highest BCUT2D eigenvalue weighted by atomic mass is 32.1. The van der Waals surface area contributed by atoms with Crippen LogP contribution in [0.5, 0.6) is 0 Å². The van der Waals surface area contributed by atoms with E-state index in [1.807, 2.05) is 23.6 Å². The molecule has 0 amide bonds. The molecule has 4 heteroatoms. The van der Waals surface area contributed by atoms with Crippen molar-refractivity contribution in [2.24, 2.45) is 0 Å². The lowest BCUT2D eigenvalue weighted by atomic mass is 10.1. The van der Waals surface area contributed by atoms with Gasteiger partial charge in [-0.3, -0.25) is 0 Å². The van der Waals surface area contributed by atoms with Crippen LogP contribution in [0.4, 0.5) is 0 Å². The highest BCUT2D eigenvalue weighted by Crippen LogP contribution is 2.17. The van der Waals surface area contributed by atoms with Crippen LogP contribution in [-0.4, -0.2) is 11.6 Å². The summed E-state index contributed by atoms with van der Waals surface area (Å²) < 4.78 is 5.15. The maximum atomic E-state index is 11.7. The lowest BCUT2D eigenvalue weighted by molar-refractivity contribution is -0.146. The van der Waals surface area contributed by atoms with Gasteiger partial charge in [-0.05, 0) is 37.4 Å². The first-order valence-electron chi connectivity index (χ1n) is 5.01. The summed E-state index contributed by atoms with van der Waals surface area (Å²) in [6.45, 7) is 6.98. The fraction of sp³-hybridized carbons (Fsp3) is 0.231. The van der Waals surface area contributed by atoms with Crippen LogP contribution in [-0.2, 0) is 9.53 Å². The Labute approximate surface area is 105 Å². The summed E-state index contributed by atoms with van der Waals surface area (Å²) in [5.74, 6) is -0.634. The summed E-state index contributed by atoms with van der Waals surface area (Å²) >= 11 is 1.45. The van der Waals surface area contributed by atoms with Gasteiger partial charge in [0.1, 0.15) is 17.2 Å². The van der Waals surface area contributed by atoms with Crippen LogP contribution in [0.25, 0.3) is 6.08 Å². The number of nitrogens with zero attached hydrogens (tertiary/aromatic N) is 1. The Hall–Kier alpha value is -1.86. The second-order valence-electron chi connectivity index (χ2n) is 3.88. The molecule has 0 aliphatic heterocycles. The molecule has 0 bridgehead atoms. The minimum atomic E-state index is -0.775. The Morgan fingerprint density at radius 3 is 2.82 bits per heavy atom. The van der Waals surface area contributed by atoms with Gasteiger partial charge in [-0.1, -0.05) is 12.6 Å². The summed E-state index contributed by atoms with van der Waals surface area (Å²) in [6.07, 6.45) is 3.04. The number of nitriles is 1. The van der Waals surface area contributed by atoms with E-state index in [0.29, 0.717) is 0 Å². The summed E-state index contributed by atoms with van der Waals surface area (Å²) in [5, 5.41) is 10.8. The van der Waals surface area contributed by atoms with Gasteiger partial charge in [-0.25, -0.2) is 4.79 Å². The van der Waals surface area contributed by atoms with Crippen molar-refractivity contribution in [1.29, 1.82) is 5.26 Å². The summed E-state index contributed by atoms with van der Waals surface area (Å²) in [6, 6.07) is 5.52. The molecule has 17 heavy (non-hydrogen) atoms. The first kappa shape index (κ1) is 13.2. The molecule has 0 saturated carbocycles. The standard InChI is InChI=1S/C13H13NO2S/c1-4-13(2,3)16-12(15)10(9-14)8-11-6-5-7-17-11/h4-8H,1H2,2-3H3/b10-8+. The van der Waals surface area contributed by atoms with Gasteiger partial charge in [-0.2, -0.15) is 5.26 Å². The molecular weight excluding hydrogens is 234 g/mol. The SMILES string of the molecule is C=CC(C)(C)OC(=O)/C(C#N)=C/c1cccs1. The summed E-state index contributed by atoms with van der Waals surface area (Å²) in [4.78, 5) is 12.6. The van der Waals surface area contributed by atoms with Crippen LogP contribution >= 0.6 is 11.3 Å². The number of hydrogen-bond donors (Lipinski definition) is 0. The molecule has 0 aromatic carbocycles. The smallest absolute Gasteiger partial charge is 0.349 e. The fourth-order valence-electron chi connectivity index (χ4n) is 0.988. The minimum Gasteiger partial charge on any atom is -0.451 e. The second kappa shape index (κ2) is 5.46. The zero-order valence-corrected chi connectivity index (χ0v) is 10.6. The monoisotopic (exact) mass is 247 g/mol. The minimum absolute atomic E-state index is 0.0117. The van der Waals surface area contributed by atoms with Crippen molar-refractivity contribution in [3.8, 4) is 6.07 Å². The highest BCUT2D eigenvalue weighted by molar-refractivity contribution is 7.10. The van der Waals surface area contributed by atoms with Crippen molar-refractivity contribution in [3.05, 3.63) is 40.6 Å². The Morgan fingerprint density at radius 2 is 2.35 bits per heavy atom. The second-order valence-corrected chi connectivity index (χ2v) is 4.86. The van der Waals surface area contributed by atoms with Crippen LogP contribution in [0.3, 0.4) is 0 Å². The molecule has 0 unspecified atom stereocenters. The zero-order chi connectivity index (χ0) is 12.9. The number of carbonyl (C=O) groups is 1. The van der Waals surface area contributed by atoms with Gasteiger partial charge in [0.2, 0.25) is 0 Å². The third-order valence-corrected chi connectivity index (χ3v) is 2.84. The maximum absolute atomic E-state index is 11.7. The van der Waals surface area contributed by atoms with Crippen LogP contribution in [0.2, 0.25) is 0 Å². The van der Waals surface area contributed by atoms with Crippen LogP contribution in [0, 0.1) is 11.3 Å². The van der Waals surface area contributed by atoms with Gasteiger partial charge in [0.25, 0.3) is 0 Å². The average Bonchev–Trinajstić information content (AvgIpc) is 2.77. The van der Waals surface area contributed by atoms with Crippen molar-refractivity contribution < 1.29 is 9.53 Å². The van der Waals surface area contributed by atoms with Crippen LogP contribution < -0.4 is 0 Å². The Kier molecular flexibility index (Phi) is 4.24. The van der Waals surface area contributed by atoms with Crippen molar-refractivity contribution in [2.45, 2.75) is 19.4 Å². The van der Waals surface area contributed by atoms with Crippen LogP contribution in [0.15, 0.2) is 35.7 Å². The van der Waals surface area contributed by atoms with Gasteiger partial charge in [0, 0.05) is 4.88 Å². The van der Waals surface area contributed by atoms with Gasteiger partial charge < -0.3 is 4.74 Å². The van der Waals surface area contributed by atoms with E-state index in [2.05, 4.69) is 6.58 Å². The Balaban J connectivity index is 2.87. The quantitative estimate of drug-likeness (QED) is 0.355. The Bertz CT molecular complexity index is 478. The van der Waals surface area contributed by atoms with Crippen molar-refractivity contribution in [2.75, 3.05) is 0 Å². The normalized spacial score (nSPS) is 11.7. The molecule has 0 fully saturated rings. The van der Waals surface area contributed by atoms with Gasteiger partial charge in [0.05, 0.1) is 0 Å². The van der Waals surface area contributed by atoms with Crippen molar-refractivity contribution in [1.82, 2.24) is 0 Å². The molecule has 1 aromatic rings. The lowest BCUT2D eigenvalue weighted by Crippen LogP contribution is -2.25. The van der Waals surface area contributed by atoms with E-state index in [-0.39, 0.29) is 5.57 Å². The van der Waals surface area contributed by atoms with E-state index >= 15 is 0 Å². The number of hydrogen-bond acceptors (Lipinski definition) is 4. The highest BCUT2D eigenvalue weighted by Gasteiger charge is 2.21. The molecule has 0 radical (unpaired) electrons. The first-order chi connectivity index (χ1) is 7.98. The molecule has 0 aliphatic rings. The van der Waals surface area contributed by atoms with Crippen molar-refractivity contribution in [3.63, 3.8) is 0 Å². The molecule has 0 aliphatic carbocycles. The predicted octanol–water partition coefficient (Wildman–Crippen LogP) is 3.16. The fourth-order valence-corrected chi connectivity index (χ4v) is 1.65. The molecule has 0 N–H and O–H groups in total. The molecule has 0 spiro atoms. The third-order valence-electron chi connectivity index (χ3n) is 2.02. The van der Waals surface area contributed by atoms with Gasteiger partial charge >= 0.3 is 5.97 Å². The topological polar surface area (TPSA) is 50.1 Å². The summed E-state index contributed by atoms with van der Waals surface area (Å²) in [7, 11) is 0. The predicted molar refractivity (Wildman–Crippen MR) is 68.3 cm³/mol. The van der Waals surface area contributed by atoms with Crippen LogP contribution in [0.1, 0.15) is 18.7 Å². The molecule has 1 heterocycles. The van der Waals surface area contributed by atoms with E-state index < -0.39 is 11.6 Å². The molecular formula is C13H13NO2S. The molecule has 1 aromatic heterocycles. The van der Waals surface area contributed by atoms with E-state index in [1.165, 1.54) is 23.5 Å². The van der Waals surface area contributed by atoms with E-state index in [4.69, 9.17) is 10.00 Å². The molecule has 0 saturated heterocycles. The number of ether oxygens (including phenoxy) is 1. The van der Waals surface area contributed by atoms with Crippen molar-refractivity contribution >= 4 is 23.4 Å². The lowest BCUT2D eigenvalue weighted by Gasteiger charge is -2.20. The largest absolute Gasteiger partial charge is 0.451 e. The van der Waals surface area contributed by atoms with Gasteiger partial charge in [0.15, 0.2) is 0 Å². The Morgan fingerprint density at radius 1 is 1.65 bits per heavy atom. The van der Waals surface area contributed by atoms with E-state index in [0.717, 1.165) is 4.88 Å². The van der Waals surface area contributed by atoms with E-state index in [9.17, 15) is 4.79 Å². The van der Waals surface area contributed by atoms with Gasteiger partial charge in [-0.15, -0.1) is 11.3 Å². The third kappa shape index (κ3) is 3.89. The summed E-state index contributed by atoms with van der Waals surface area (Å²) in [5.41, 5.74) is -0.787. The first-order valence-corrected chi connectivity index (χ1v) is 5.89. The van der Waals surface area contributed by atoms with E-state index in [1.54, 1.807) is 13.8 Å². The number of carbonyl (C=O) groups excluding carboxylic acids is 1. The zero-order valence-electron chi connectivity index (χ0n) is 9.77. The number of thiophene rings is 1. The average molecular weight is 247 g/mol. The number of esters is 1. The molecule has 1 rings (SSSR count). The maximum Gasteiger partial charge on any atom is 0.349 e. The molecule has 3 nitrogen and oxygen atoms in total. The number of rotatable bonds is 4.